The van der Waals surface area contributed by atoms with Crippen LogP contribution >= 0.6 is 0 Å². The third-order valence-electron chi connectivity index (χ3n) is 3.18. The minimum atomic E-state index is -2.50. The van der Waals surface area contributed by atoms with Crippen LogP contribution in [0.4, 0.5) is 39.5 Å². The van der Waals surface area contributed by atoms with Crippen LogP contribution in [0.2, 0.25) is 0 Å². The first kappa shape index (κ1) is 19.2. The summed E-state index contributed by atoms with van der Waals surface area (Å²) in [7, 11) is 0. The van der Waals surface area contributed by atoms with E-state index in [-0.39, 0.29) is 18.9 Å². The Morgan fingerprint density at radius 1 is 0.520 bits per heavy atom. The average Bonchev–Trinajstić information content (AvgIpc) is 2.99. The second-order valence-electron chi connectivity index (χ2n) is 4.47. The molecule has 0 aliphatic carbocycles. The molecule has 0 aliphatic rings. The number of hydrogen-bond donors (Lipinski definition) is 0. The van der Waals surface area contributed by atoms with Gasteiger partial charge in [0.05, 0.1) is 11.3 Å². The summed E-state index contributed by atoms with van der Waals surface area (Å²) >= 11 is 0. The number of fused-ring (bicyclic) bond motifs is 1. The fourth-order valence-electron chi connectivity index (χ4n) is 2.07. The molecule has 25 heavy (non-hydrogen) atoms. The molecule has 126 valence electrons. The molecule has 1 aromatic heterocycles. The van der Waals surface area contributed by atoms with Crippen LogP contribution in [0.25, 0.3) is 22.2 Å². The van der Waals surface area contributed by atoms with Gasteiger partial charge in [0.1, 0.15) is 5.82 Å². The van der Waals surface area contributed by atoms with Crippen molar-refractivity contribution in [1.29, 1.82) is 0 Å². The molecule has 0 N–H and O–H groups in total. The maximum atomic E-state index is 13.8. The Labute approximate surface area is 143 Å². The van der Waals surface area contributed by atoms with Crippen molar-refractivity contribution in [1.82, 2.24) is 10.2 Å². The van der Waals surface area contributed by atoms with Gasteiger partial charge in [-0.3, -0.25) is 0 Å². The van der Waals surface area contributed by atoms with Gasteiger partial charge in [-0.1, -0.05) is 5.52 Å². The van der Waals surface area contributed by atoms with Crippen LogP contribution in [0.3, 0.4) is 0 Å². The van der Waals surface area contributed by atoms with Crippen LogP contribution in [-0.2, 0) is 0 Å². The van der Waals surface area contributed by atoms with E-state index in [0.29, 0.717) is 0 Å². The molecule has 0 saturated carbocycles. The van der Waals surface area contributed by atoms with Gasteiger partial charge in [0, 0.05) is 5.39 Å². The maximum Gasteiger partial charge on any atom is 1.00 e. The minimum absolute atomic E-state index is 0. The summed E-state index contributed by atoms with van der Waals surface area (Å²) in [5.41, 5.74) is -4.39. The number of benzene rings is 2. The van der Waals surface area contributed by atoms with E-state index in [9.17, 15) is 39.5 Å². The summed E-state index contributed by atoms with van der Waals surface area (Å²) in [6.07, 6.45) is 0. The molecule has 2 aromatic carbocycles. The quantitative estimate of drug-likeness (QED) is 0.281. The maximum absolute atomic E-state index is 13.8. The zero-order valence-corrected chi connectivity index (χ0v) is 11.8. The largest absolute Gasteiger partial charge is 1.00 e. The first-order chi connectivity index (χ1) is 11.2. The van der Waals surface area contributed by atoms with Gasteiger partial charge < -0.3 is 10.2 Å². The summed E-state index contributed by atoms with van der Waals surface area (Å²) in [5.74, 6) is -20.9. The number of halogens is 9. The molecule has 3 rings (SSSR count). The van der Waals surface area contributed by atoms with Crippen LogP contribution in [0, 0.1) is 52.4 Å². The Kier molecular flexibility index (Phi) is 4.85. The molecule has 0 saturated heterocycles. The fourth-order valence-corrected chi connectivity index (χ4v) is 2.07. The first-order valence-corrected chi connectivity index (χ1v) is 5.85. The molecule has 2 nitrogen and oxygen atoms in total. The zero-order chi connectivity index (χ0) is 17.9. The van der Waals surface area contributed by atoms with Crippen molar-refractivity contribution in [2.75, 3.05) is 0 Å². The Balaban J connectivity index is 0.00000225. The van der Waals surface area contributed by atoms with Crippen molar-refractivity contribution >= 4 is 10.9 Å². The van der Waals surface area contributed by atoms with E-state index in [4.69, 9.17) is 0 Å². The minimum Gasteiger partial charge on any atom is -0.572 e. The van der Waals surface area contributed by atoms with Gasteiger partial charge in [-0.25, -0.2) is 39.5 Å². The van der Waals surface area contributed by atoms with Gasteiger partial charge in [-0.05, 0) is 0 Å². The molecule has 0 bridgehead atoms. The molecule has 1 heterocycles. The molecular weight excluding hydrogens is 362 g/mol. The number of rotatable bonds is 1. The van der Waals surface area contributed by atoms with Gasteiger partial charge >= 0.3 is 18.9 Å². The molecular formula is C13F9LiN2. The molecule has 0 unspecified atom stereocenters. The van der Waals surface area contributed by atoms with Crippen molar-refractivity contribution in [2.45, 2.75) is 0 Å². The predicted molar refractivity (Wildman–Crippen MR) is 60.1 cm³/mol. The van der Waals surface area contributed by atoms with Crippen molar-refractivity contribution < 1.29 is 58.4 Å². The normalized spacial score (nSPS) is 11.1. The molecule has 3 aromatic rings. The van der Waals surface area contributed by atoms with E-state index in [1.807, 2.05) is 0 Å². The van der Waals surface area contributed by atoms with Gasteiger partial charge in [-0.2, -0.15) is 0 Å². The Bertz CT molecular complexity index is 986. The van der Waals surface area contributed by atoms with Crippen LogP contribution < -0.4 is 24.0 Å². The summed E-state index contributed by atoms with van der Waals surface area (Å²) in [5, 5.41) is 4.42. The molecule has 0 aliphatic heterocycles. The molecule has 0 amide bonds. The summed E-state index contributed by atoms with van der Waals surface area (Å²) in [6.45, 7) is 0. The smallest absolute Gasteiger partial charge is 0.572 e. The Hall–Kier alpha value is -2.12. The molecule has 0 spiro atoms. The van der Waals surface area contributed by atoms with E-state index in [1.165, 1.54) is 0 Å². The van der Waals surface area contributed by atoms with Crippen molar-refractivity contribution in [3.05, 3.63) is 52.4 Å². The standard InChI is InChI=1S/C13F9N2.Li/c14-3-1(4(15)7(18)9(20)6(3)17)12-2-5(16)8(19)10(21)11(22)13(2)24-23-12;/q-1;+1. The van der Waals surface area contributed by atoms with Crippen LogP contribution in [0.5, 0.6) is 0 Å². The van der Waals surface area contributed by atoms with E-state index in [2.05, 4.69) is 10.2 Å². The zero-order valence-electron chi connectivity index (χ0n) is 11.8. The second kappa shape index (κ2) is 6.31. The number of nitrogens with zero attached hydrogens (tertiary/aromatic N) is 2. The molecule has 12 heteroatoms. The fraction of sp³-hybridized carbons (Fsp3) is 0. The average molecular weight is 362 g/mol. The third-order valence-corrected chi connectivity index (χ3v) is 3.18. The van der Waals surface area contributed by atoms with E-state index in [1.54, 1.807) is 0 Å². The van der Waals surface area contributed by atoms with Gasteiger partial charge in [0.25, 0.3) is 0 Å². The van der Waals surface area contributed by atoms with Gasteiger partial charge in [0.15, 0.2) is 40.7 Å². The van der Waals surface area contributed by atoms with Gasteiger partial charge in [0.2, 0.25) is 5.82 Å². The Morgan fingerprint density at radius 2 is 0.920 bits per heavy atom. The predicted octanol–water partition coefficient (Wildman–Crippen LogP) is 1.11. The van der Waals surface area contributed by atoms with Crippen LogP contribution in [0.1, 0.15) is 0 Å². The number of hydrogen-bond acceptors (Lipinski definition) is 1. The van der Waals surface area contributed by atoms with Crippen LogP contribution in [-0.4, -0.2) is 5.10 Å². The van der Waals surface area contributed by atoms with E-state index >= 15 is 0 Å². The molecule has 0 atom stereocenters. The summed E-state index contributed by atoms with van der Waals surface area (Å²) in [4.78, 5) is 0. The summed E-state index contributed by atoms with van der Waals surface area (Å²) < 4.78 is 121. The van der Waals surface area contributed by atoms with Crippen molar-refractivity contribution in [3.8, 4) is 11.3 Å². The Morgan fingerprint density at radius 3 is 1.44 bits per heavy atom. The number of aromatic nitrogens is 2. The van der Waals surface area contributed by atoms with E-state index in [0.717, 1.165) is 0 Å². The third kappa shape index (κ3) is 2.49. The monoisotopic (exact) mass is 362 g/mol. The summed E-state index contributed by atoms with van der Waals surface area (Å²) in [6, 6.07) is 0. The van der Waals surface area contributed by atoms with Crippen LogP contribution in [0.15, 0.2) is 0 Å². The van der Waals surface area contributed by atoms with Gasteiger partial charge in [-0.15, -0.1) is 0 Å². The second-order valence-corrected chi connectivity index (χ2v) is 4.47. The van der Waals surface area contributed by atoms with Crippen molar-refractivity contribution in [2.24, 2.45) is 0 Å². The van der Waals surface area contributed by atoms with E-state index < -0.39 is 74.5 Å². The molecule has 0 fully saturated rings. The topological polar surface area (TPSA) is 27.0 Å². The van der Waals surface area contributed by atoms with Crippen molar-refractivity contribution in [3.63, 3.8) is 0 Å². The molecule has 0 radical (unpaired) electrons. The SMILES string of the molecule is Fc1c(F)c(F)c(-c2n[n-]c3c(F)c(F)c(F)c(F)c23)c(F)c1F.[Li+]. The first-order valence-electron chi connectivity index (χ1n) is 5.85.